The Morgan fingerprint density at radius 3 is 2.26 bits per heavy atom. The quantitative estimate of drug-likeness (QED) is 0.315. The highest BCUT2D eigenvalue weighted by Crippen LogP contribution is 2.38. The van der Waals surface area contributed by atoms with Crippen LogP contribution < -0.4 is 15.4 Å². The van der Waals surface area contributed by atoms with Crippen LogP contribution in [0.3, 0.4) is 0 Å². The summed E-state index contributed by atoms with van der Waals surface area (Å²) in [5, 5.41) is 6.16. The number of anilines is 3. The fourth-order valence-corrected chi connectivity index (χ4v) is 4.30. The average Bonchev–Trinajstić information content (AvgIpc) is 3.18. The van der Waals surface area contributed by atoms with Crippen LogP contribution in [0, 0.1) is 0 Å². The first kappa shape index (κ1) is 24.0. The predicted octanol–water partition coefficient (Wildman–Crippen LogP) is 4.56. The highest BCUT2D eigenvalue weighted by atomic mass is 32.2. The minimum atomic E-state index is -3.38. The van der Waals surface area contributed by atoms with Crippen molar-refractivity contribution in [1.82, 2.24) is 0 Å². The molecule has 1 aliphatic heterocycles. The molecule has 0 saturated heterocycles. The molecule has 0 atom stereocenters. The monoisotopic (exact) mass is 491 g/mol. The fraction of sp³-hybridized carbons (Fsp3) is 0.154. The van der Waals surface area contributed by atoms with Gasteiger partial charge in [-0.05, 0) is 55.8 Å². The Kier molecular flexibility index (Phi) is 6.88. The number of carbonyl (C=O) groups excluding carboxylic acids is 2. The highest BCUT2D eigenvalue weighted by molar-refractivity contribution is 7.92. The molecule has 1 aliphatic rings. The Labute approximate surface area is 204 Å². The molecule has 0 radical (unpaired) electrons. The summed E-state index contributed by atoms with van der Waals surface area (Å²) in [6.07, 6.45) is 0. The Morgan fingerprint density at radius 2 is 1.60 bits per heavy atom. The third-order valence-corrected chi connectivity index (χ3v) is 6.70. The number of sulfonamides is 1. The summed E-state index contributed by atoms with van der Waals surface area (Å²) in [5.41, 5.74) is 4.44. The topological polar surface area (TPSA) is 114 Å². The second-order valence-electron chi connectivity index (χ2n) is 7.76. The first-order chi connectivity index (χ1) is 16.8. The van der Waals surface area contributed by atoms with E-state index >= 15 is 0 Å². The van der Waals surface area contributed by atoms with Crippen LogP contribution in [-0.2, 0) is 19.6 Å². The summed E-state index contributed by atoms with van der Waals surface area (Å²) in [6.45, 7) is 3.56. The summed E-state index contributed by atoms with van der Waals surface area (Å²) in [4.78, 5) is 25.2. The van der Waals surface area contributed by atoms with Crippen molar-refractivity contribution < 1.29 is 22.7 Å². The van der Waals surface area contributed by atoms with Crippen LogP contribution in [0.25, 0.3) is 11.3 Å². The van der Waals surface area contributed by atoms with Gasteiger partial charge in [-0.1, -0.05) is 36.4 Å². The highest BCUT2D eigenvalue weighted by Gasteiger charge is 2.29. The summed E-state index contributed by atoms with van der Waals surface area (Å²) in [6, 6.07) is 21.1. The Hall–Kier alpha value is -4.11. The van der Waals surface area contributed by atoms with Gasteiger partial charge in [-0.2, -0.15) is 0 Å². The van der Waals surface area contributed by atoms with E-state index in [2.05, 4.69) is 15.4 Å². The van der Waals surface area contributed by atoms with E-state index in [0.29, 0.717) is 39.5 Å². The molecule has 0 aromatic heterocycles. The van der Waals surface area contributed by atoms with Crippen LogP contribution in [0.15, 0.2) is 72.8 Å². The van der Waals surface area contributed by atoms with Crippen LogP contribution in [0.5, 0.6) is 0 Å². The van der Waals surface area contributed by atoms with Gasteiger partial charge < -0.3 is 15.4 Å². The molecule has 4 rings (SSSR count). The lowest BCUT2D eigenvalue weighted by Crippen LogP contribution is -2.14. The van der Waals surface area contributed by atoms with Crippen LogP contribution in [0.4, 0.5) is 17.1 Å². The molecule has 3 aromatic carbocycles. The first-order valence-corrected chi connectivity index (χ1v) is 12.8. The molecule has 0 bridgehead atoms. The van der Waals surface area contributed by atoms with E-state index in [4.69, 9.17) is 4.74 Å². The fourth-order valence-electron chi connectivity index (χ4n) is 3.66. The lowest BCUT2D eigenvalue weighted by Gasteiger charge is -2.15. The van der Waals surface area contributed by atoms with Gasteiger partial charge in [0.05, 0.1) is 34.9 Å². The van der Waals surface area contributed by atoms with E-state index < -0.39 is 16.0 Å². The zero-order valence-electron chi connectivity index (χ0n) is 19.3. The van der Waals surface area contributed by atoms with E-state index in [0.717, 1.165) is 5.56 Å². The number of ether oxygens (including phenoxy) is 1. The molecule has 0 fully saturated rings. The Bertz CT molecular complexity index is 1400. The van der Waals surface area contributed by atoms with Gasteiger partial charge in [-0.25, -0.2) is 13.2 Å². The van der Waals surface area contributed by atoms with E-state index in [-0.39, 0.29) is 18.3 Å². The van der Waals surface area contributed by atoms with Gasteiger partial charge in [0.25, 0.3) is 5.91 Å². The minimum absolute atomic E-state index is 0.0242. The molecule has 0 unspecified atom stereocenters. The number of rotatable bonds is 8. The average molecular weight is 492 g/mol. The summed E-state index contributed by atoms with van der Waals surface area (Å²) >= 11 is 0. The number of amides is 1. The molecular weight excluding hydrogens is 466 g/mol. The Morgan fingerprint density at radius 1 is 0.914 bits per heavy atom. The van der Waals surface area contributed by atoms with E-state index in [1.165, 1.54) is 0 Å². The number of hydrogen-bond acceptors (Lipinski definition) is 6. The zero-order chi connectivity index (χ0) is 25.0. The lowest BCUT2D eigenvalue weighted by atomic mass is 9.99. The van der Waals surface area contributed by atoms with Gasteiger partial charge in [0, 0.05) is 16.9 Å². The largest absolute Gasteiger partial charge is 0.462 e. The number of nitrogens with one attached hydrogen (secondary N) is 3. The summed E-state index contributed by atoms with van der Waals surface area (Å²) < 4.78 is 31.3. The van der Waals surface area contributed by atoms with Crippen LogP contribution in [0.1, 0.15) is 35.3 Å². The molecule has 0 aliphatic carbocycles. The maximum Gasteiger partial charge on any atom is 0.338 e. The molecule has 0 saturated carbocycles. The van der Waals surface area contributed by atoms with Crippen LogP contribution in [-0.4, -0.2) is 32.7 Å². The van der Waals surface area contributed by atoms with Crippen molar-refractivity contribution in [3.8, 4) is 0 Å². The first-order valence-electron chi connectivity index (χ1n) is 11.1. The van der Waals surface area contributed by atoms with Crippen molar-refractivity contribution in [2.75, 3.05) is 27.7 Å². The third kappa shape index (κ3) is 5.36. The number of fused-ring (bicyclic) bond motifs is 1. The maximum atomic E-state index is 13.1. The smallest absolute Gasteiger partial charge is 0.338 e. The second kappa shape index (κ2) is 10.0. The molecule has 180 valence electrons. The molecule has 1 heterocycles. The molecular formula is C26H25N3O5S. The summed E-state index contributed by atoms with van der Waals surface area (Å²) in [5.74, 6) is -0.786. The Balaban J connectivity index is 1.74. The number of esters is 1. The van der Waals surface area contributed by atoms with Crippen LogP contribution in [0.2, 0.25) is 0 Å². The number of benzene rings is 3. The standard InChI is InChI=1S/C26H25N3O5S/c1-3-34-26(31)18-10-15-21-22(16-18)28-25(30)23(21)24(17-8-6-5-7-9-17)27-19-11-13-20(14-12-19)29-35(32,33)4-2/h5-16,27,29H,3-4H2,1-2H3,(H,28,30)/b24-23-. The third-order valence-electron chi connectivity index (χ3n) is 5.40. The molecule has 8 nitrogen and oxygen atoms in total. The minimum Gasteiger partial charge on any atom is -0.462 e. The predicted molar refractivity (Wildman–Crippen MR) is 137 cm³/mol. The lowest BCUT2D eigenvalue weighted by molar-refractivity contribution is -0.110. The molecule has 0 spiro atoms. The molecule has 3 N–H and O–H groups in total. The number of hydrogen-bond donors (Lipinski definition) is 3. The van der Waals surface area contributed by atoms with Crippen molar-refractivity contribution in [2.45, 2.75) is 13.8 Å². The SMILES string of the molecule is CCOC(=O)c1ccc2c(c1)NC(=O)/C2=C(\Nc1ccc(NS(=O)(=O)CC)cc1)c1ccccc1. The van der Waals surface area contributed by atoms with Crippen molar-refractivity contribution in [1.29, 1.82) is 0 Å². The van der Waals surface area contributed by atoms with Crippen molar-refractivity contribution in [3.63, 3.8) is 0 Å². The molecule has 35 heavy (non-hydrogen) atoms. The summed E-state index contributed by atoms with van der Waals surface area (Å²) in [7, 11) is -3.38. The molecule has 1 amide bonds. The van der Waals surface area contributed by atoms with E-state index in [1.54, 1.807) is 56.3 Å². The van der Waals surface area contributed by atoms with Crippen molar-refractivity contribution in [2.24, 2.45) is 0 Å². The van der Waals surface area contributed by atoms with Gasteiger partial charge >= 0.3 is 5.97 Å². The van der Waals surface area contributed by atoms with E-state index in [9.17, 15) is 18.0 Å². The molecule has 3 aromatic rings. The van der Waals surface area contributed by atoms with E-state index in [1.807, 2.05) is 30.3 Å². The van der Waals surface area contributed by atoms with Gasteiger partial charge in [0.1, 0.15) is 0 Å². The maximum absolute atomic E-state index is 13.1. The zero-order valence-corrected chi connectivity index (χ0v) is 20.1. The van der Waals surface area contributed by atoms with Gasteiger partial charge in [-0.3, -0.25) is 9.52 Å². The van der Waals surface area contributed by atoms with Gasteiger partial charge in [-0.15, -0.1) is 0 Å². The van der Waals surface area contributed by atoms with Gasteiger partial charge in [0.2, 0.25) is 10.0 Å². The second-order valence-corrected chi connectivity index (χ2v) is 9.77. The normalized spacial score (nSPS) is 14.1. The molecule has 9 heteroatoms. The van der Waals surface area contributed by atoms with Gasteiger partial charge in [0.15, 0.2) is 0 Å². The van der Waals surface area contributed by atoms with Crippen molar-refractivity contribution in [3.05, 3.63) is 89.5 Å². The number of carbonyl (C=O) groups is 2. The van der Waals surface area contributed by atoms with Crippen molar-refractivity contribution >= 4 is 50.2 Å². The van der Waals surface area contributed by atoms with Crippen LogP contribution >= 0.6 is 0 Å².